The van der Waals surface area contributed by atoms with E-state index in [-0.39, 0.29) is 4.90 Å². The molecular formula is C26H32N4O3S. The van der Waals surface area contributed by atoms with Gasteiger partial charge in [0.2, 0.25) is 0 Å². The number of rotatable bonds is 6. The van der Waals surface area contributed by atoms with Crippen LogP contribution >= 0.6 is 0 Å². The lowest BCUT2D eigenvalue weighted by Gasteiger charge is -2.38. The summed E-state index contributed by atoms with van der Waals surface area (Å²) in [6.07, 6.45) is 0. The van der Waals surface area contributed by atoms with Gasteiger partial charge in [-0.1, -0.05) is 12.1 Å². The molecule has 2 unspecified atom stereocenters. The van der Waals surface area contributed by atoms with E-state index in [1.54, 1.807) is 32.2 Å². The molecule has 1 saturated heterocycles. The lowest BCUT2D eigenvalue weighted by Crippen LogP contribution is -2.54. The number of sulfonamides is 1. The summed E-state index contributed by atoms with van der Waals surface area (Å²) < 4.78 is 34.9. The summed E-state index contributed by atoms with van der Waals surface area (Å²) in [5.74, 6) is 0.718. The highest BCUT2D eigenvalue weighted by molar-refractivity contribution is 7.92. The van der Waals surface area contributed by atoms with Crippen LogP contribution in [0.25, 0.3) is 11.3 Å². The molecule has 0 spiro atoms. The number of hydrogen-bond acceptors (Lipinski definition) is 6. The largest absolute Gasteiger partial charge is 0.495 e. The summed E-state index contributed by atoms with van der Waals surface area (Å²) in [6.45, 7) is 9.64. The quantitative estimate of drug-likeness (QED) is 0.545. The minimum absolute atomic E-state index is 0.241. The van der Waals surface area contributed by atoms with Gasteiger partial charge in [0.1, 0.15) is 5.75 Å². The standard InChI is InChI=1S/C26H32N4O3S/c1-17-13-21(23-8-6-7-18(2)28-23)9-12-26(17)34(31,32)29-22-10-11-25(33-5)24(14-22)30-15-19(3)27-20(4)16-30/h6-14,19-20,27,29H,15-16H2,1-5H3. The predicted molar refractivity (Wildman–Crippen MR) is 137 cm³/mol. The Bertz CT molecular complexity index is 1280. The second-order valence-electron chi connectivity index (χ2n) is 9.01. The zero-order valence-electron chi connectivity index (χ0n) is 20.3. The van der Waals surface area contributed by atoms with Gasteiger partial charge in [0, 0.05) is 36.4 Å². The van der Waals surface area contributed by atoms with Gasteiger partial charge in [0.15, 0.2) is 0 Å². The van der Waals surface area contributed by atoms with Crippen LogP contribution in [-0.4, -0.2) is 45.7 Å². The van der Waals surface area contributed by atoms with Gasteiger partial charge in [-0.3, -0.25) is 9.71 Å². The number of ether oxygens (including phenoxy) is 1. The van der Waals surface area contributed by atoms with E-state index in [9.17, 15) is 8.42 Å². The molecular weight excluding hydrogens is 448 g/mol. The van der Waals surface area contributed by atoms with Gasteiger partial charge in [-0.15, -0.1) is 0 Å². The first-order valence-corrected chi connectivity index (χ1v) is 12.9. The zero-order chi connectivity index (χ0) is 24.5. The molecule has 1 fully saturated rings. The van der Waals surface area contributed by atoms with Crippen LogP contribution in [0.15, 0.2) is 59.5 Å². The number of pyridine rings is 1. The number of nitrogens with one attached hydrogen (secondary N) is 2. The lowest BCUT2D eigenvalue weighted by molar-refractivity contribution is 0.391. The Kier molecular flexibility index (Phi) is 6.81. The van der Waals surface area contributed by atoms with Crippen LogP contribution in [0.2, 0.25) is 0 Å². The van der Waals surface area contributed by atoms with E-state index in [1.807, 2.05) is 43.3 Å². The van der Waals surface area contributed by atoms with Gasteiger partial charge in [-0.2, -0.15) is 0 Å². The van der Waals surface area contributed by atoms with E-state index in [1.165, 1.54) is 0 Å². The van der Waals surface area contributed by atoms with E-state index in [4.69, 9.17) is 4.74 Å². The van der Waals surface area contributed by atoms with Gasteiger partial charge in [-0.05, 0) is 75.7 Å². The number of nitrogens with zero attached hydrogens (tertiary/aromatic N) is 2. The van der Waals surface area contributed by atoms with E-state index in [0.717, 1.165) is 41.5 Å². The SMILES string of the molecule is COc1ccc(NS(=O)(=O)c2ccc(-c3cccc(C)n3)cc2C)cc1N1CC(C)NC(C)C1. The molecule has 2 atom stereocenters. The maximum absolute atomic E-state index is 13.3. The minimum Gasteiger partial charge on any atom is -0.495 e. The maximum Gasteiger partial charge on any atom is 0.262 e. The van der Waals surface area contributed by atoms with Gasteiger partial charge in [0.05, 0.1) is 29.1 Å². The third-order valence-corrected chi connectivity index (χ3v) is 7.52. The molecule has 2 N–H and O–H groups in total. The third kappa shape index (κ3) is 5.18. The van der Waals surface area contributed by atoms with Crippen LogP contribution in [0.5, 0.6) is 5.75 Å². The molecule has 0 amide bonds. The molecule has 0 bridgehead atoms. The van der Waals surface area contributed by atoms with E-state index >= 15 is 0 Å². The maximum atomic E-state index is 13.3. The first-order chi connectivity index (χ1) is 16.2. The molecule has 8 heteroatoms. The molecule has 0 radical (unpaired) electrons. The molecule has 1 aliphatic rings. The van der Waals surface area contributed by atoms with Crippen molar-refractivity contribution < 1.29 is 13.2 Å². The van der Waals surface area contributed by atoms with Crippen LogP contribution in [0.3, 0.4) is 0 Å². The summed E-state index contributed by atoms with van der Waals surface area (Å²) in [4.78, 5) is 7.01. The van der Waals surface area contributed by atoms with Crippen molar-refractivity contribution in [3.8, 4) is 17.0 Å². The monoisotopic (exact) mass is 480 g/mol. The molecule has 2 aromatic carbocycles. The summed E-state index contributed by atoms with van der Waals surface area (Å²) in [6, 6.07) is 17.1. The topological polar surface area (TPSA) is 83.6 Å². The fourth-order valence-electron chi connectivity index (χ4n) is 4.55. The number of aromatic nitrogens is 1. The second-order valence-corrected chi connectivity index (χ2v) is 10.7. The summed E-state index contributed by atoms with van der Waals surface area (Å²) in [5, 5.41) is 3.52. The fraction of sp³-hybridized carbons (Fsp3) is 0.346. The fourth-order valence-corrected chi connectivity index (χ4v) is 5.83. The first kappa shape index (κ1) is 24.0. The Morgan fingerprint density at radius 3 is 2.41 bits per heavy atom. The molecule has 4 rings (SSSR count). The van der Waals surface area contributed by atoms with Crippen molar-refractivity contribution >= 4 is 21.4 Å². The highest BCUT2D eigenvalue weighted by Gasteiger charge is 2.24. The molecule has 1 aliphatic heterocycles. The van der Waals surface area contributed by atoms with Crippen molar-refractivity contribution in [1.29, 1.82) is 0 Å². The highest BCUT2D eigenvalue weighted by Crippen LogP contribution is 2.34. The highest BCUT2D eigenvalue weighted by atomic mass is 32.2. The summed E-state index contributed by atoms with van der Waals surface area (Å²) in [7, 11) is -2.15. The number of methoxy groups -OCH3 is 1. The Hall–Kier alpha value is -3.10. The van der Waals surface area contributed by atoms with Crippen molar-refractivity contribution in [2.24, 2.45) is 0 Å². The van der Waals surface area contributed by atoms with Crippen LogP contribution < -0.4 is 19.7 Å². The number of hydrogen-bond donors (Lipinski definition) is 2. The number of piperazine rings is 1. The molecule has 1 aromatic heterocycles. The average molecular weight is 481 g/mol. The number of benzene rings is 2. The van der Waals surface area contributed by atoms with E-state index < -0.39 is 10.0 Å². The second kappa shape index (κ2) is 9.64. The first-order valence-electron chi connectivity index (χ1n) is 11.4. The Labute approximate surface area is 202 Å². The Balaban J connectivity index is 1.62. The number of aryl methyl sites for hydroxylation is 2. The van der Waals surface area contributed by atoms with Crippen LogP contribution in [0, 0.1) is 13.8 Å². The Morgan fingerprint density at radius 1 is 1.03 bits per heavy atom. The molecule has 3 aromatic rings. The van der Waals surface area contributed by atoms with Gasteiger partial charge in [-0.25, -0.2) is 8.42 Å². The van der Waals surface area contributed by atoms with Crippen LogP contribution in [0.4, 0.5) is 11.4 Å². The van der Waals surface area contributed by atoms with Gasteiger partial charge in [0.25, 0.3) is 10.0 Å². The minimum atomic E-state index is -3.78. The zero-order valence-corrected chi connectivity index (χ0v) is 21.1. The summed E-state index contributed by atoms with van der Waals surface area (Å²) in [5.41, 5.74) is 4.65. The molecule has 7 nitrogen and oxygen atoms in total. The Morgan fingerprint density at radius 2 is 1.76 bits per heavy atom. The summed E-state index contributed by atoms with van der Waals surface area (Å²) >= 11 is 0. The molecule has 180 valence electrons. The van der Waals surface area contributed by atoms with E-state index in [2.05, 4.69) is 33.8 Å². The van der Waals surface area contributed by atoms with Crippen LogP contribution in [0.1, 0.15) is 25.1 Å². The van der Waals surface area contributed by atoms with Crippen molar-refractivity contribution in [1.82, 2.24) is 10.3 Å². The lowest BCUT2D eigenvalue weighted by atomic mass is 10.1. The van der Waals surface area contributed by atoms with Crippen molar-refractivity contribution in [3.05, 3.63) is 65.9 Å². The number of anilines is 2. The molecule has 0 aliphatic carbocycles. The van der Waals surface area contributed by atoms with Crippen molar-refractivity contribution in [2.75, 3.05) is 29.8 Å². The predicted octanol–water partition coefficient (Wildman–Crippen LogP) is 4.36. The van der Waals surface area contributed by atoms with Crippen LogP contribution in [-0.2, 0) is 10.0 Å². The smallest absolute Gasteiger partial charge is 0.262 e. The van der Waals surface area contributed by atoms with E-state index in [0.29, 0.717) is 23.3 Å². The third-order valence-electron chi connectivity index (χ3n) is 5.98. The average Bonchev–Trinajstić information content (AvgIpc) is 2.78. The van der Waals surface area contributed by atoms with Crippen molar-refractivity contribution in [3.63, 3.8) is 0 Å². The normalized spacial score (nSPS) is 18.6. The van der Waals surface area contributed by atoms with Gasteiger partial charge >= 0.3 is 0 Å². The van der Waals surface area contributed by atoms with Gasteiger partial charge < -0.3 is 15.0 Å². The van der Waals surface area contributed by atoms with Crippen molar-refractivity contribution in [2.45, 2.75) is 44.7 Å². The molecule has 0 saturated carbocycles. The molecule has 2 heterocycles. The molecule has 34 heavy (non-hydrogen) atoms.